The Kier molecular flexibility index (Phi) is 11.8. The molecule has 0 saturated carbocycles. The summed E-state index contributed by atoms with van der Waals surface area (Å²) in [6, 6.07) is 0. The molecule has 4 heteroatoms. The molecule has 0 N–H and O–H groups in total. The quantitative estimate of drug-likeness (QED) is 0.390. The molecule has 0 aromatic rings. The Balaban J connectivity index is 0. The molecule has 2 radical (unpaired) electrons. The monoisotopic (exact) mass is 104 g/mol. The smallest absolute Gasteiger partial charge is 0.251 e. The first kappa shape index (κ1) is 9.34. The van der Waals surface area contributed by atoms with Gasteiger partial charge in [-0.3, -0.25) is 9.90 Å². The van der Waals surface area contributed by atoms with Gasteiger partial charge in [0.2, 0.25) is 0 Å². The molecule has 0 aromatic heterocycles. The fraction of sp³-hybridized carbons (Fsp3) is 0.333. The van der Waals surface area contributed by atoms with Gasteiger partial charge >= 0.3 is 12.4 Å². The maximum atomic E-state index is 8.89. The van der Waals surface area contributed by atoms with Crippen molar-refractivity contribution in [3.63, 3.8) is 0 Å². The molecule has 0 fully saturated rings. The molecule has 0 atom stereocenters. The molecule has 0 aromatic carbocycles. The summed E-state index contributed by atoms with van der Waals surface area (Å²) in [4.78, 5) is 17.1. The molecule has 0 saturated heterocycles. The standard InChI is InChI=1S/C2H3O2.CHO2/c1-2(3)4;2-1-3/h1H3;1H. The summed E-state index contributed by atoms with van der Waals surface area (Å²) in [5.41, 5.74) is 0. The van der Waals surface area contributed by atoms with E-state index in [9.17, 15) is 0 Å². The van der Waals surface area contributed by atoms with Gasteiger partial charge in [-0.2, -0.15) is 0 Å². The lowest BCUT2D eigenvalue weighted by Crippen LogP contribution is -1.74. The summed E-state index contributed by atoms with van der Waals surface area (Å²) in [5, 5.41) is 17.1. The van der Waals surface area contributed by atoms with Crippen LogP contribution in [0.3, 0.4) is 0 Å². The summed E-state index contributed by atoms with van der Waals surface area (Å²) in [7, 11) is 0. The van der Waals surface area contributed by atoms with Crippen LogP contribution in [0, 0.1) is 0 Å². The van der Waals surface area contributed by atoms with Crippen LogP contribution in [0.15, 0.2) is 0 Å². The van der Waals surface area contributed by atoms with Gasteiger partial charge in [-0.05, 0) is 0 Å². The van der Waals surface area contributed by atoms with Gasteiger partial charge in [0.15, 0.2) is 0 Å². The highest BCUT2D eigenvalue weighted by Gasteiger charge is 1.71. The zero-order chi connectivity index (χ0) is 6.28. The maximum Gasteiger partial charge on any atom is 0.352 e. The second kappa shape index (κ2) is 8.87. The highest BCUT2D eigenvalue weighted by atomic mass is 16.4. The lowest BCUT2D eigenvalue weighted by molar-refractivity contribution is -0.140. The van der Waals surface area contributed by atoms with E-state index in [1.54, 1.807) is 0 Å². The van der Waals surface area contributed by atoms with Gasteiger partial charge in [0.1, 0.15) is 0 Å². The average Bonchev–Trinajstić information content (AvgIpc) is 1.33. The van der Waals surface area contributed by atoms with Crippen molar-refractivity contribution in [1.82, 2.24) is 0 Å². The number of carbonyl (C=O) groups excluding carboxylic acids is 2. The molecule has 0 rings (SSSR count). The molecule has 0 aliphatic carbocycles. The average molecular weight is 104 g/mol. The molecular weight excluding hydrogens is 100 g/mol. The summed E-state index contributed by atoms with van der Waals surface area (Å²) in [6.45, 7) is 0.472. The third kappa shape index (κ3) is 38.0. The first-order chi connectivity index (χ1) is 3.15. The highest BCUT2D eigenvalue weighted by molar-refractivity contribution is 5.62. The Morgan fingerprint density at radius 3 is 1.57 bits per heavy atom. The van der Waals surface area contributed by atoms with Gasteiger partial charge in [0.05, 0.1) is 0 Å². The van der Waals surface area contributed by atoms with Crippen molar-refractivity contribution in [1.29, 1.82) is 0 Å². The number of carbonyl (C=O) groups is 2. The van der Waals surface area contributed by atoms with Crippen molar-refractivity contribution in [2.75, 3.05) is 0 Å². The normalized spacial score (nSPS) is 5.29. The van der Waals surface area contributed by atoms with Gasteiger partial charge in [0.25, 0.3) is 0 Å². The third-order valence-electron chi connectivity index (χ3n) is 0. The minimum Gasteiger partial charge on any atom is -0.251 e. The van der Waals surface area contributed by atoms with Crippen molar-refractivity contribution < 1.29 is 19.8 Å². The molecule has 0 heterocycles. The Morgan fingerprint density at radius 1 is 1.57 bits per heavy atom. The molecular formula is C3H4O4. The first-order valence-electron chi connectivity index (χ1n) is 1.38. The largest absolute Gasteiger partial charge is 0.352 e. The highest BCUT2D eigenvalue weighted by Crippen LogP contribution is 1.45. The van der Waals surface area contributed by atoms with Crippen LogP contribution in [0.25, 0.3) is 0 Å². The van der Waals surface area contributed by atoms with Gasteiger partial charge in [-0.1, -0.05) is 0 Å². The molecule has 40 valence electrons. The van der Waals surface area contributed by atoms with Crippen LogP contribution in [-0.4, -0.2) is 12.4 Å². The van der Waals surface area contributed by atoms with E-state index in [-0.39, 0.29) is 0 Å². The molecule has 0 unspecified atom stereocenters. The van der Waals surface area contributed by atoms with Crippen LogP contribution in [0.1, 0.15) is 6.92 Å². The van der Waals surface area contributed by atoms with E-state index in [2.05, 4.69) is 0 Å². The predicted molar refractivity (Wildman–Crippen MR) is 18.1 cm³/mol. The summed E-state index contributed by atoms with van der Waals surface area (Å²) < 4.78 is 0. The summed E-state index contributed by atoms with van der Waals surface area (Å²) in [5.74, 6) is -1.08. The zero-order valence-corrected chi connectivity index (χ0v) is 3.71. The van der Waals surface area contributed by atoms with E-state index in [0.29, 0.717) is 0 Å². The van der Waals surface area contributed by atoms with E-state index >= 15 is 0 Å². The Bertz CT molecular complexity index is 54.0. The first-order valence-corrected chi connectivity index (χ1v) is 1.38. The van der Waals surface area contributed by atoms with Gasteiger partial charge in [-0.15, -0.1) is 0 Å². The van der Waals surface area contributed by atoms with E-state index in [1.165, 1.54) is 0 Å². The third-order valence-corrected chi connectivity index (χ3v) is 0. The zero-order valence-electron chi connectivity index (χ0n) is 3.71. The number of hydrogen-bond donors (Lipinski definition) is 0. The topological polar surface area (TPSA) is 73.9 Å². The fourth-order valence-corrected chi connectivity index (χ4v) is 0. The van der Waals surface area contributed by atoms with E-state index in [4.69, 9.17) is 19.8 Å². The maximum absolute atomic E-state index is 8.89. The molecule has 0 amide bonds. The van der Waals surface area contributed by atoms with Crippen LogP contribution in [-0.2, 0) is 19.8 Å². The summed E-state index contributed by atoms with van der Waals surface area (Å²) in [6.07, 6.45) is 0. The Morgan fingerprint density at radius 2 is 1.57 bits per heavy atom. The molecule has 0 bridgehead atoms. The van der Waals surface area contributed by atoms with E-state index < -0.39 is 12.4 Å². The van der Waals surface area contributed by atoms with Crippen molar-refractivity contribution in [2.24, 2.45) is 0 Å². The van der Waals surface area contributed by atoms with E-state index in [0.717, 1.165) is 6.92 Å². The SMILES string of the molecule is CC([O])=O.[O]C=O. The fourth-order valence-electron chi connectivity index (χ4n) is 0. The molecule has 0 aliphatic rings. The second-order valence-electron chi connectivity index (χ2n) is 0.588. The van der Waals surface area contributed by atoms with Gasteiger partial charge in [0, 0.05) is 6.92 Å². The summed E-state index contributed by atoms with van der Waals surface area (Å²) >= 11 is 0. The van der Waals surface area contributed by atoms with Crippen molar-refractivity contribution in [3.8, 4) is 0 Å². The molecule has 0 aliphatic heterocycles. The van der Waals surface area contributed by atoms with Gasteiger partial charge in [-0.25, -0.2) is 9.90 Å². The van der Waals surface area contributed by atoms with Crippen LogP contribution in [0.2, 0.25) is 0 Å². The molecule has 0 spiro atoms. The van der Waals surface area contributed by atoms with Crippen LogP contribution in [0.5, 0.6) is 0 Å². The lowest BCUT2D eigenvalue weighted by atomic mass is 10.9. The van der Waals surface area contributed by atoms with Gasteiger partial charge < -0.3 is 0 Å². The lowest BCUT2D eigenvalue weighted by Gasteiger charge is -1.50. The molecule has 7 heavy (non-hydrogen) atoms. The minimum absolute atomic E-state index is 0.500. The van der Waals surface area contributed by atoms with Crippen LogP contribution >= 0.6 is 0 Å². The van der Waals surface area contributed by atoms with Crippen molar-refractivity contribution >= 4 is 12.4 Å². The van der Waals surface area contributed by atoms with Crippen molar-refractivity contribution in [2.45, 2.75) is 6.92 Å². The van der Waals surface area contributed by atoms with Crippen LogP contribution < -0.4 is 0 Å². The Hall–Kier alpha value is -1.06. The second-order valence-corrected chi connectivity index (χ2v) is 0.588. The predicted octanol–water partition coefficient (Wildman–Crippen LogP) is -0.463. The minimum atomic E-state index is -1.08. The van der Waals surface area contributed by atoms with E-state index in [1.807, 2.05) is 0 Å². The number of rotatable bonds is 0. The Labute approximate surface area is 40.4 Å². The van der Waals surface area contributed by atoms with Crippen LogP contribution in [0.4, 0.5) is 0 Å². The molecule has 4 nitrogen and oxygen atoms in total. The number of hydrogen-bond acceptors (Lipinski definition) is 2. The van der Waals surface area contributed by atoms with Crippen molar-refractivity contribution in [3.05, 3.63) is 0 Å².